The van der Waals surface area contributed by atoms with Crippen LogP contribution in [-0.2, 0) is 0 Å². The molecule has 41 heavy (non-hydrogen) atoms. The molecule has 0 saturated heterocycles. The van der Waals surface area contributed by atoms with Crippen LogP contribution in [0.5, 0.6) is 0 Å². The molecule has 0 radical (unpaired) electrons. The van der Waals surface area contributed by atoms with E-state index in [0.29, 0.717) is 0 Å². The third-order valence-electron chi connectivity index (χ3n) is 7.67. The topological polar surface area (TPSA) is 3.24 Å². The van der Waals surface area contributed by atoms with Crippen LogP contribution in [0.4, 0.5) is 17.1 Å². The normalized spacial score (nSPS) is 10.9. The Hall–Kier alpha value is -5.40. The molecule has 0 aliphatic heterocycles. The molecule has 0 aromatic heterocycles. The fourth-order valence-corrected chi connectivity index (χ4v) is 5.68. The summed E-state index contributed by atoms with van der Waals surface area (Å²) in [5.74, 6) is 0. The molecule has 0 N–H and O–H groups in total. The number of para-hydroxylation sites is 2. The number of anilines is 3. The van der Waals surface area contributed by atoms with Crippen LogP contribution in [0.25, 0.3) is 44.2 Å². The number of rotatable bonds is 6. The molecular formula is C40H29N. The van der Waals surface area contributed by atoms with E-state index in [0.717, 1.165) is 17.1 Å². The van der Waals surface area contributed by atoms with E-state index >= 15 is 0 Å². The highest BCUT2D eigenvalue weighted by molar-refractivity contribution is 6.01. The van der Waals surface area contributed by atoms with Gasteiger partial charge in [-0.3, -0.25) is 0 Å². The highest BCUT2D eigenvalue weighted by Gasteiger charge is 2.14. The summed E-state index contributed by atoms with van der Waals surface area (Å²) in [5.41, 5.74) is 10.7. The van der Waals surface area contributed by atoms with Gasteiger partial charge >= 0.3 is 0 Å². The zero-order valence-corrected chi connectivity index (χ0v) is 22.7. The van der Waals surface area contributed by atoms with Crippen molar-refractivity contribution < 1.29 is 0 Å². The Balaban J connectivity index is 1.34. The monoisotopic (exact) mass is 523 g/mol. The maximum atomic E-state index is 2.35. The fourth-order valence-electron chi connectivity index (χ4n) is 5.68. The molecule has 0 aliphatic carbocycles. The van der Waals surface area contributed by atoms with Gasteiger partial charge in [-0.1, -0.05) is 133 Å². The quantitative estimate of drug-likeness (QED) is 0.209. The minimum absolute atomic E-state index is 1.13. The van der Waals surface area contributed by atoms with Gasteiger partial charge in [-0.2, -0.15) is 0 Å². The average molecular weight is 524 g/mol. The van der Waals surface area contributed by atoms with Gasteiger partial charge in [0.25, 0.3) is 0 Å². The fraction of sp³-hybridized carbons (Fsp3) is 0. The Morgan fingerprint density at radius 3 is 1.51 bits per heavy atom. The second kappa shape index (κ2) is 11.0. The number of hydrogen-bond acceptors (Lipinski definition) is 1. The van der Waals surface area contributed by atoms with E-state index in [1.807, 2.05) is 0 Å². The summed E-state index contributed by atoms with van der Waals surface area (Å²) in [4.78, 5) is 2.30. The van der Waals surface area contributed by atoms with E-state index in [1.54, 1.807) is 0 Å². The zero-order valence-electron chi connectivity index (χ0n) is 22.7. The molecule has 0 spiro atoms. The summed E-state index contributed by atoms with van der Waals surface area (Å²) < 4.78 is 0. The van der Waals surface area contributed by atoms with Crippen LogP contribution in [-0.4, -0.2) is 0 Å². The van der Waals surface area contributed by atoms with E-state index in [4.69, 9.17) is 0 Å². The van der Waals surface area contributed by atoms with Crippen molar-refractivity contribution >= 4 is 27.8 Å². The van der Waals surface area contributed by atoms with Crippen molar-refractivity contribution in [2.24, 2.45) is 0 Å². The number of nitrogens with zero attached hydrogens (tertiary/aromatic N) is 1. The van der Waals surface area contributed by atoms with Gasteiger partial charge < -0.3 is 4.90 Å². The van der Waals surface area contributed by atoms with Crippen LogP contribution in [0, 0.1) is 0 Å². The summed E-state index contributed by atoms with van der Waals surface area (Å²) in [7, 11) is 0. The summed E-state index contributed by atoms with van der Waals surface area (Å²) >= 11 is 0. The van der Waals surface area contributed by atoms with Crippen molar-refractivity contribution in [3.8, 4) is 33.4 Å². The van der Waals surface area contributed by atoms with Crippen LogP contribution in [0.2, 0.25) is 0 Å². The van der Waals surface area contributed by atoms with Crippen LogP contribution in [0.3, 0.4) is 0 Å². The molecule has 0 fully saturated rings. The Kier molecular flexibility index (Phi) is 6.61. The van der Waals surface area contributed by atoms with Crippen molar-refractivity contribution in [1.82, 2.24) is 0 Å². The van der Waals surface area contributed by atoms with E-state index in [2.05, 4.69) is 181 Å². The first-order chi connectivity index (χ1) is 20.3. The molecule has 0 aliphatic rings. The van der Waals surface area contributed by atoms with Gasteiger partial charge in [0.1, 0.15) is 0 Å². The van der Waals surface area contributed by atoms with E-state index in [9.17, 15) is 0 Å². The molecule has 0 heterocycles. The average Bonchev–Trinajstić information content (AvgIpc) is 3.06. The summed E-state index contributed by atoms with van der Waals surface area (Å²) in [6.07, 6.45) is 0. The molecule has 194 valence electrons. The minimum atomic E-state index is 1.13. The molecule has 7 aromatic rings. The Morgan fingerprint density at radius 2 is 0.829 bits per heavy atom. The maximum absolute atomic E-state index is 2.35. The third kappa shape index (κ3) is 4.90. The van der Waals surface area contributed by atoms with Crippen LogP contribution < -0.4 is 4.90 Å². The first-order valence-electron chi connectivity index (χ1n) is 14.0. The Morgan fingerprint density at radius 1 is 0.293 bits per heavy atom. The van der Waals surface area contributed by atoms with Gasteiger partial charge in [0, 0.05) is 17.1 Å². The van der Waals surface area contributed by atoms with Crippen molar-refractivity contribution in [3.05, 3.63) is 176 Å². The number of fused-ring (bicyclic) bond motifs is 1. The lowest BCUT2D eigenvalue weighted by molar-refractivity contribution is 1.28. The standard InChI is InChI=1S/C40H29N/c1-4-13-31(14-5-1)38-28-25-33(29-40(38)39-22-12-16-32-15-10-11-21-37(32)39)30-23-26-36(27-24-30)41(34-17-6-2-7-18-34)35-19-8-3-9-20-35/h1-29H. The van der Waals surface area contributed by atoms with Gasteiger partial charge in [-0.15, -0.1) is 0 Å². The lowest BCUT2D eigenvalue weighted by Gasteiger charge is -2.25. The largest absolute Gasteiger partial charge is 0.311 e. The Labute approximate surface area is 241 Å². The highest BCUT2D eigenvalue weighted by atomic mass is 15.1. The molecule has 0 saturated carbocycles. The summed E-state index contributed by atoms with van der Waals surface area (Å²) in [5, 5.41) is 2.52. The predicted molar refractivity (Wildman–Crippen MR) is 175 cm³/mol. The van der Waals surface area contributed by atoms with Gasteiger partial charge in [0.2, 0.25) is 0 Å². The number of benzene rings is 7. The van der Waals surface area contributed by atoms with Crippen LogP contribution in [0.1, 0.15) is 0 Å². The van der Waals surface area contributed by atoms with Crippen LogP contribution >= 0.6 is 0 Å². The molecule has 0 bridgehead atoms. The van der Waals surface area contributed by atoms with Gasteiger partial charge in [0.05, 0.1) is 0 Å². The van der Waals surface area contributed by atoms with E-state index < -0.39 is 0 Å². The summed E-state index contributed by atoms with van der Waals surface area (Å²) in [6, 6.07) is 62.8. The number of hydrogen-bond donors (Lipinski definition) is 0. The predicted octanol–water partition coefficient (Wildman–Crippen LogP) is 11.3. The van der Waals surface area contributed by atoms with Gasteiger partial charge in [-0.25, -0.2) is 0 Å². The lowest BCUT2D eigenvalue weighted by Crippen LogP contribution is -2.09. The molecule has 0 unspecified atom stereocenters. The molecule has 1 heteroatoms. The third-order valence-corrected chi connectivity index (χ3v) is 7.67. The SMILES string of the molecule is c1ccc(-c2ccc(-c3ccc(N(c4ccccc4)c4ccccc4)cc3)cc2-c2cccc3ccccc23)cc1. The van der Waals surface area contributed by atoms with E-state index in [-0.39, 0.29) is 0 Å². The van der Waals surface area contributed by atoms with Crippen LogP contribution in [0.15, 0.2) is 176 Å². The summed E-state index contributed by atoms with van der Waals surface area (Å²) in [6.45, 7) is 0. The van der Waals surface area contributed by atoms with Crippen molar-refractivity contribution in [2.45, 2.75) is 0 Å². The van der Waals surface area contributed by atoms with Gasteiger partial charge in [0.15, 0.2) is 0 Å². The Bertz CT molecular complexity index is 1860. The second-order valence-electron chi connectivity index (χ2n) is 10.2. The molecule has 7 rings (SSSR count). The highest BCUT2D eigenvalue weighted by Crippen LogP contribution is 2.40. The maximum Gasteiger partial charge on any atom is 0.0462 e. The smallest absolute Gasteiger partial charge is 0.0462 e. The molecule has 1 nitrogen and oxygen atoms in total. The zero-order chi connectivity index (χ0) is 27.4. The molecular weight excluding hydrogens is 494 g/mol. The molecule has 0 amide bonds. The van der Waals surface area contributed by atoms with E-state index in [1.165, 1.54) is 44.2 Å². The molecule has 7 aromatic carbocycles. The first-order valence-corrected chi connectivity index (χ1v) is 14.0. The lowest BCUT2D eigenvalue weighted by atomic mass is 9.89. The van der Waals surface area contributed by atoms with Crippen molar-refractivity contribution in [1.29, 1.82) is 0 Å². The minimum Gasteiger partial charge on any atom is -0.311 e. The van der Waals surface area contributed by atoms with Crippen molar-refractivity contribution in [3.63, 3.8) is 0 Å². The van der Waals surface area contributed by atoms with Gasteiger partial charge in [-0.05, 0) is 86.6 Å². The van der Waals surface area contributed by atoms with Crippen molar-refractivity contribution in [2.75, 3.05) is 4.90 Å². The first kappa shape index (κ1) is 24.6. The second-order valence-corrected chi connectivity index (χ2v) is 10.2. The molecule has 0 atom stereocenters.